The maximum Gasteiger partial charge on any atom is 0.257 e. The highest BCUT2D eigenvalue weighted by molar-refractivity contribution is 5.95. The third-order valence-electron chi connectivity index (χ3n) is 5.71. The Morgan fingerprint density at radius 2 is 1.96 bits per heavy atom. The standard InChI is InChI=1S/C18H26N6O/c1-13-15(11-21-24(13)14-7-3-2-4-8-14)18(25)23-10-6-5-9-16(23)17-19-12-20-22-17/h11-12,14,16H,2-10H2,1H3,(H,19,20,22). The number of carbonyl (C=O) groups is 1. The number of aromatic nitrogens is 5. The Balaban J connectivity index is 1.58. The van der Waals surface area contributed by atoms with Gasteiger partial charge >= 0.3 is 0 Å². The van der Waals surface area contributed by atoms with Crippen LogP contribution in [0, 0.1) is 6.92 Å². The van der Waals surface area contributed by atoms with Gasteiger partial charge in [-0.3, -0.25) is 14.6 Å². The number of nitrogens with one attached hydrogen (secondary N) is 1. The van der Waals surface area contributed by atoms with Crippen molar-refractivity contribution in [1.82, 2.24) is 29.9 Å². The molecule has 2 aromatic heterocycles. The predicted octanol–water partition coefficient (Wildman–Crippen LogP) is 3.18. The van der Waals surface area contributed by atoms with Crippen LogP contribution in [0.25, 0.3) is 0 Å². The lowest BCUT2D eigenvalue weighted by molar-refractivity contribution is 0.0599. The van der Waals surface area contributed by atoms with Crippen molar-refractivity contribution in [3.05, 3.63) is 29.6 Å². The molecule has 2 aromatic rings. The normalized spacial score (nSPS) is 22.3. The van der Waals surface area contributed by atoms with Crippen molar-refractivity contribution in [2.45, 2.75) is 70.4 Å². The highest BCUT2D eigenvalue weighted by Crippen LogP contribution is 2.32. The van der Waals surface area contributed by atoms with Gasteiger partial charge in [0.05, 0.1) is 23.8 Å². The van der Waals surface area contributed by atoms with Crippen molar-refractivity contribution in [1.29, 1.82) is 0 Å². The Morgan fingerprint density at radius 3 is 2.72 bits per heavy atom. The predicted molar refractivity (Wildman–Crippen MR) is 93.1 cm³/mol. The fourth-order valence-corrected chi connectivity index (χ4v) is 4.32. The third-order valence-corrected chi connectivity index (χ3v) is 5.71. The lowest BCUT2D eigenvalue weighted by Gasteiger charge is -2.34. The smallest absolute Gasteiger partial charge is 0.257 e. The molecule has 4 rings (SSSR count). The number of hydrogen-bond donors (Lipinski definition) is 1. The molecule has 1 unspecified atom stereocenters. The summed E-state index contributed by atoms with van der Waals surface area (Å²) >= 11 is 0. The van der Waals surface area contributed by atoms with E-state index in [1.807, 2.05) is 11.8 Å². The molecule has 0 bridgehead atoms. The van der Waals surface area contributed by atoms with E-state index < -0.39 is 0 Å². The van der Waals surface area contributed by atoms with Crippen molar-refractivity contribution < 1.29 is 4.79 Å². The number of carbonyl (C=O) groups excluding carboxylic acids is 1. The molecule has 1 aliphatic carbocycles. The van der Waals surface area contributed by atoms with Crippen molar-refractivity contribution in [3.63, 3.8) is 0 Å². The number of piperidine rings is 1. The van der Waals surface area contributed by atoms with Gasteiger partial charge in [-0.05, 0) is 39.0 Å². The van der Waals surface area contributed by atoms with E-state index in [0.717, 1.165) is 42.9 Å². The molecule has 7 heteroatoms. The second-order valence-corrected chi connectivity index (χ2v) is 7.26. The summed E-state index contributed by atoms with van der Waals surface area (Å²) in [5.41, 5.74) is 1.73. The zero-order valence-corrected chi connectivity index (χ0v) is 14.8. The van der Waals surface area contributed by atoms with Crippen LogP contribution in [0.5, 0.6) is 0 Å². The summed E-state index contributed by atoms with van der Waals surface area (Å²) in [5.74, 6) is 0.853. The van der Waals surface area contributed by atoms with Crippen LogP contribution in [0.3, 0.4) is 0 Å². The number of nitrogens with zero attached hydrogens (tertiary/aromatic N) is 5. The van der Waals surface area contributed by atoms with Crippen LogP contribution < -0.4 is 0 Å². The topological polar surface area (TPSA) is 79.7 Å². The molecule has 1 atom stereocenters. The van der Waals surface area contributed by atoms with Crippen LogP contribution in [0.4, 0.5) is 0 Å². The van der Waals surface area contributed by atoms with E-state index in [2.05, 4.69) is 25.0 Å². The molecule has 0 aromatic carbocycles. The van der Waals surface area contributed by atoms with E-state index in [0.29, 0.717) is 6.04 Å². The molecule has 1 amide bonds. The molecule has 0 spiro atoms. The average Bonchev–Trinajstić information content (AvgIpc) is 3.32. The fraction of sp³-hybridized carbons (Fsp3) is 0.667. The Kier molecular flexibility index (Phi) is 4.55. The molecule has 1 saturated carbocycles. The van der Waals surface area contributed by atoms with Gasteiger partial charge in [-0.2, -0.15) is 10.2 Å². The van der Waals surface area contributed by atoms with Crippen LogP contribution in [-0.4, -0.2) is 42.3 Å². The number of rotatable bonds is 3. The summed E-state index contributed by atoms with van der Waals surface area (Å²) < 4.78 is 2.08. The highest BCUT2D eigenvalue weighted by Gasteiger charge is 2.32. The molecule has 1 saturated heterocycles. The van der Waals surface area contributed by atoms with Gasteiger partial charge < -0.3 is 4.90 Å². The lowest BCUT2D eigenvalue weighted by Crippen LogP contribution is -2.39. The minimum atomic E-state index is -0.0128. The van der Waals surface area contributed by atoms with Gasteiger partial charge in [0, 0.05) is 12.2 Å². The monoisotopic (exact) mass is 342 g/mol. The Hall–Kier alpha value is -2.18. The first kappa shape index (κ1) is 16.3. The fourth-order valence-electron chi connectivity index (χ4n) is 4.32. The molecule has 7 nitrogen and oxygen atoms in total. The second-order valence-electron chi connectivity index (χ2n) is 7.26. The SMILES string of the molecule is Cc1c(C(=O)N2CCCCC2c2ncn[nH]2)cnn1C1CCCCC1. The minimum Gasteiger partial charge on any atom is -0.328 e. The van der Waals surface area contributed by atoms with Crippen molar-refractivity contribution in [2.75, 3.05) is 6.54 Å². The van der Waals surface area contributed by atoms with Gasteiger partial charge in [0.2, 0.25) is 0 Å². The molecule has 3 heterocycles. The largest absolute Gasteiger partial charge is 0.328 e. The summed E-state index contributed by atoms with van der Waals surface area (Å²) in [6.45, 7) is 2.79. The lowest BCUT2D eigenvalue weighted by atomic mass is 9.95. The maximum absolute atomic E-state index is 13.2. The molecule has 2 aliphatic rings. The Morgan fingerprint density at radius 1 is 1.16 bits per heavy atom. The zero-order valence-electron chi connectivity index (χ0n) is 14.8. The van der Waals surface area contributed by atoms with Crippen LogP contribution in [0.2, 0.25) is 0 Å². The van der Waals surface area contributed by atoms with E-state index in [1.165, 1.54) is 38.4 Å². The van der Waals surface area contributed by atoms with Crippen LogP contribution in [-0.2, 0) is 0 Å². The number of amides is 1. The third kappa shape index (κ3) is 3.07. The number of H-pyrrole nitrogens is 1. The van der Waals surface area contributed by atoms with Gasteiger partial charge in [-0.15, -0.1) is 0 Å². The maximum atomic E-state index is 13.2. The summed E-state index contributed by atoms with van der Waals surface area (Å²) in [4.78, 5) is 19.5. The first-order chi connectivity index (χ1) is 12.3. The summed E-state index contributed by atoms with van der Waals surface area (Å²) in [7, 11) is 0. The average molecular weight is 342 g/mol. The van der Waals surface area contributed by atoms with Crippen LogP contribution in [0.15, 0.2) is 12.5 Å². The summed E-state index contributed by atoms with van der Waals surface area (Å²) in [6, 6.07) is 0.433. The van der Waals surface area contributed by atoms with Crippen LogP contribution in [0.1, 0.15) is 85.3 Å². The molecule has 2 fully saturated rings. The Bertz CT molecular complexity index is 716. The van der Waals surface area contributed by atoms with E-state index in [9.17, 15) is 4.79 Å². The number of likely N-dealkylation sites (tertiary alicyclic amines) is 1. The summed E-state index contributed by atoms with van der Waals surface area (Å²) in [5, 5.41) is 11.5. The van der Waals surface area contributed by atoms with E-state index in [1.54, 1.807) is 6.20 Å². The van der Waals surface area contributed by atoms with E-state index >= 15 is 0 Å². The number of hydrogen-bond acceptors (Lipinski definition) is 4. The molecule has 25 heavy (non-hydrogen) atoms. The van der Waals surface area contributed by atoms with Crippen molar-refractivity contribution in [2.24, 2.45) is 0 Å². The van der Waals surface area contributed by atoms with Gasteiger partial charge in [-0.25, -0.2) is 4.98 Å². The van der Waals surface area contributed by atoms with E-state index in [4.69, 9.17) is 0 Å². The minimum absolute atomic E-state index is 0.0128. The van der Waals surface area contributed by atoms with Crippen molar-refractivity contribution >= 4 is 5.91 Å². The van der Waals surface area contributed by atoms with Crippen LogP contribution >= 0.6 is 0 Å². The first-order valence-corrected chi connectivity index (χ1v) is 9.46. The number of aromatic amines is 1. The molecule has 134 valence electrons. The van der Waals surface area contributed by atoms with Gasteiger partial charge in [0.15, 0.2) is 0 Å². The van der Waals surface area contributed by atoms with Gasteiger partial charge in [0.1, 0.15) is 12.2 Å². The van der Waals surface area contributed by atoms with Crippen molar-refractivity contribution in [3.8, 4) is 0 Å². The zero-order chi connectivity index (χ0) is 17.2. The molecule has 1 N–H and O–H groups in total. The quantitative estimate of drug-likeness (QED) is 0.929. The van der Waals surface area contributed by atoms with Gasteiger partial charge in [-0.1, -0.05) is 19.3 Å². The molecule has 0 radical (unpaired) electrons. The second kappa shape index (κ2) is 6.98. The molecular formula is C18H26N6O. The highest BCUT2D eigenvalue weighted by atomic mass is 16.2. The van der Waals surface area contributed by atoms with E-state index in [-0.39, 0.29) is 11.9 Å². The van der Waals surface area contributed by atoms with Gasteiger partial charge in [0.25, 0.3) is 5.91 Å². The summed E-state index contributed by atoms with van der Waals surface area (Å²) in [6.07, 6.45) is 12.5. The first-order valence-electron chi connectivity index (χ1n) is 9.46. The Labute approximate surface area is 147 Å². The molecule has 1 aliphatic heterocycles. The molecular weight excluding hydrogens is 316 g/mol.